The van der Waals surface area contributed by atoms with Crippen molar-refractivity contribution in [2.75, 3.05) is 0 Å². The number of oxazole rings is 1. The molecule has 0 unspecified atom stereocenters. The van der Waals surface area contributed by atoms with Gasteiger partial charge in [-0.05, 0) is 24.3 Å². The van der Waals surface area contributed by atoms with E-state index in [1.807, 2.05) is 48.5 Å². The van der Waals surface area contributed by atoms with Gasteiger partial charge >= 0.3 is 0 Å². The summed E-state index contributed by atoms with van der Waals surface area (Å²) in [6.07, 6.45) is 3.15. The van der Waals surface area contributed by atoms with Gasteiger partial charge in [0.2, 0.25) is 0 Å². The lowest BCUT2D eigenvalue weighted by Crippen LogP contribution is -1.63. The summed E-state index contributed by atoms with van der Waals surface area (Å²) in [6, 6.07) is 15.6. The molecule has 4 rings (SSSR count). The van der Waals surface area contributed by atoms with Crippen LogP contribution in [-0.4, -0.2) is 15.0 Å². The molecule has 0 amide bonds. The molecule has 0 atom stereocenters. The lowest BCUT2D eigenvalue weighted by Gasteiger charge is -1.81. The summed E-state index contributed by atoms with van der Waals surface area (Å²) in [4.78, 5) is 11.0. The number of aromatic amines is 1. The number of hydrogen-bond acceptors (Lipinski definition) is 3. The van der Waals surface area contributed by atoms with Gasteiger partial charge in [-0.25, -0.2) is 9.97 Å². The molecule has 0 aliphatic carbocycles. The monoisotopic (exact) mass is 237 g/mol. The van der Waals surface area contributed by atoms with Crippen LogP contribution in [0.1, 0.15) is 0 Å². The summed E-state index contributed by atoms with van der Waals surface area (Å²) >= 11 is 0. The van der Waals surface area contributed by atoms with E-state index in [-0.39, 0.29) is 0 Å². The molecule has 0 saturated heterocycles. The normalized spacial score (nSPS) is 10.2. The van der Waals surface area contributed by atoms with Crippen molar-refractivity contribution in [1.82, 2.24) is 15.0 Å². The Balaban J connectivity index is 0.000000111. The number of nitrogens with zero attached hydrogens (tertiary/aromatic N) is 2. The quantitative estimate of drug-likeness (QED) is 0.510. The molecule has 88 valence electrons. The standard InChI is InChI=1S/C7H6N2.C7H5NO/c2*1-2-4-7-6(3-1)8-5-9-7/h1-5H,(H,8,9);1-5H. The van der Waals surface area contributed by atoms with E-state index in [0.717, 1.165) is 22.1 Å². The molecule has 0 spiro atoms. The highest BCUT2D eigenvalue weighted by Gasteiger charge is 1.91. The van der Waals surface area contributed by atoms with Crippen LogP contribution in [0.3, 0.4) is 0 Å². The Kier molecular flexibility index (Phi) is 2.75. The lowest BCUT2D eigenvalue weighted by atomic mass is 10.3. The molecule has 4 nitrogen and oxygen atoms in total. The van der Waals surface area contributed by atoms with Crippen LogP contribution in [0.4, 0.5) is 0 Å². The van der Waals surface area contributed by atoms with E-state index >= 15 is 0 Å². The Bertz CT molecular complexity index is 631. The molecule has 4 aromatic rings. The SMILES string of the molecule is c1ccc2[nH]cnc2c1.c1ccc2ocnc2c1. The summed E-state index contributed by atoms with van der Waals surface area (Å²) in [5.41, 5.74) is 3.88. The highest BCUT2D eigenvalue weighted by Crippen LogP contribution is 2.09. The maximum Gasteiger partial charge on any atom is 0.181 e. The molecule has 0 fully saturated rings. The number of nitrogens with one attached hydrogen (secondary N) is 1. The highest BCUT2D eigenvalue weighted by atomic mass is 16.3. The molecular weight excluding hydrogens is 226 g/mol. The molecule has 0 saturated carbocycles. The fourth-order valence-corrected chi connectivity index (χ4v) is 1.68. The molecule has 18 heavy (non-hydrogen) atoms. The van der Waals surface area contributed by atoms with Crippen molar-refractivity contribution in [2.24, 2.45) is 0 Å². The van der Waals surface area contributed by atoms with Crippen molar-refractivity contribution in [3.63, 3.8) is 0 Å². The first-order valence-corrected chi connectivity index (χ1v) is 5.60. The fourth-order valence-electron chi connectivity index (χ4n) is 1.68. The van der Waals surface area contributed by atoms with Gasteiger partial charge in [0, 0.05) is 0 Å². The predicted octanol–water partition coefficient (Wildman–Crippen LogP) is 3.39. The Hall–Kier alpha value is -2.62. The zero-order chi connectivity index (χ0) is 12.2. The first kappa shape index (κ1) is 10.5. The van der Waals surface area contributed by atoms with Crippen LogP contribution >= 0.6 is 0 Å². The Morgan fingerprint density at radius 3 is 2.44 bits per heavy atom. The van der Waals surface area contributed by atoms with E-state index in [0.29, 0.717) is 0 Å². The summed E-state index contributed by atoms with van der Waals surface area (Å²) < 4.78 is 5.01. The number of para-hydroxylation sites is 4. The van der Waals surface area contributed by atoms with E-state index in [1.54, 1.807) is 6.33 Å². The van der Waals surface area contributed by atoms with Crippen molar-refractivity contribution in [2.45, 2.75) is 0 Å². The zero-order valence-electron chi connectivity index (χ0n) is 9.58. The fraction of sp³-hybridized carbons (Fsp3) is 0. The number of hydrogen-bond donors (Lipinski definition) is 1. The van der Waals surface area contributed by atoms with Crippen molar-refractivity contribution in [3.8, 4) is 0 Å². The average Bonchev–Trinajstić information content (AvgIpc) is 3.08. The number of imidazole rings is 1. The maximum atomic E-state index is 5.01. The molecule has 2 aromatic carbocycles. The molecular formula is C14H11N3O. The Morgan fingerprint density at radius 2 is 1.61 bits per heavy atom. The van der Waals surface area contributed by atoms with Crippen molar-refractivity contribution in [1.29, 1.82) is 0 Å². The smallest absolute Gasteiger partial charge is 0.181 e. The topological polar surface area (TPSA) is 54.7 Å². The van der Waals surface area contributed by atoms with E-state index in [4.69, 9.17) is 4.42 Å². The van der Waals surface area contributed by atoms with Crippen molar-refractivity contribution < 1.29 is 4.42 Å². The van der Waals surface area contributed by atoms with E-state index in [2.05, 4.69) is 15.0 Å². The molecule has 2 aromatic heterocycles. The largest absolute Gasteiger partial charge is 0.443 e. The minimum Gasteiger partial charge on any atom is -0.443 e. The van der Waals surface area contributed by atoms with Crippen LogP contribution in [0, 0.1) is 0 Å². The van der Waals surface area contributed by atoms with Gasteiger partial charge in [0.25, 0.3) is 0 Å². The van der Waals surface area contributed by atoms with Gasteiger partial charge in [0.1, 0.15) is 5.52 Å². The van der Waals surface area contributed by atoms with Crippen LogP contribution in [0.25, 0.3) is 22.1 Å². The van der Waals surface area contributed by atoms with Gasteiger partial charge in [-0.15, -0.1) is 0 Å². The zero-order valence-corrected chi connectivity index (χ0v) is 9.58. The molecule has 0 aliphatic heterocycles. The first-order valence-electron chi connectivity index (χ1n) is 5.60. The number of rotatable bonds is 0. The van der Waals surface area contributed by atoms with E-state index < -0.39 is 0 Å². The summed E-state index contributed by atoms with van der Waals surface area (Å²) in [5.74, 6) is 0. The minimum atomic E-state index is 0.845. The predicted molar refractivity (Wildman–Crippen MR) is 70.1 cm³/mol. The third kappa shape index (κ3) is 2.08. The summed E-state index contributed by atoms with van der Waals surface area (Å²) in [5, 5.41) is 0. The number of benzene rings is 2. The molecule has 0 bridgehead atoms. The number of H-pyrrole nitrogens is 1. The minimum absolute atomic E-state index is 0.845. The maximum absolute atomic E-state index is 5.01. The van der Waals surface area contributed by atoms with Gasteiger partial charge in [-0.1, -0.05) is 24.3 Å². The number of aromatic nitrogens is 3. The van der Waals surface area contributed by atoms with Crippen LogP contribution < -0.4 is 0 Å². The van der Waals surface area contributed by atoms with E-state index in [9.17, 15) is 0 Å². The van der Waals surface area contributed by atoms with E-state index in [1.165, 1.54) is 6.39 Å². The number of fused-ring (bicyclic) bond motifs is 2. The summed E-state index contributed by atoms with van der Waals surface area (Å²) in [6.45, 7) is 0. The van der Waals surface area contributed by atoms with Crippen LogP contribution in [-0.2, 0) is 0 Å². The van der Waals surface area contributed by atoms with Gasteiger partial charge in [0.15, 0.2) is 12.0 Å². The molecule has 1 N–H and O–H groups in total. The average molecular weight is 237 g/mol. The lowest BCUT2D eigenvalue weighted by molar-refractivity contribution is 0.602. The molecule has 0 radical (unpaired) electrons. The third-order valence-electron chi connectivity index (χ3n) is 2.56. The summed E-state index contributed by atoms with van der Waals surface area (Å²) in [7, 11) is 0. The second kappa shape index (κ2) is 4.71. The second-order valence-corrected chi connectivity index (χ2v) is 3.74. The third-order valence-corrected chi connectivity index (χ3v) is 2.56. The first-order chi connectivity index (χ1) is 8.93. The van der Waals surface area contributed by atoms with Gasteiger partial charge in [-0.3, -0.25) is 0 Å². The van der Waals surface area contributed by atoms with Gasteiger partial charge in [-0.2, -0.15) is 0 Å². The molecule has 0 aliphatic rings. The van der Waals surface area contributed by atoms with Gasteiger partial charge in [0.05, 0.1) is 17.4 Å². The van der Waals surface area contributed by atoms with Crippen LogP contribution in [0.5, 0.6) is 0 Å². The molecule has 4 heteroatoms. The van der Waals surface area contributed by atoms with Crippen molar-refractivity contribution >= 4 is 22.1 Å². The Labute approximate surface area is 103 Å². The van der Waals surface area contributed by atoms with Gasteiger partial charge < -0.3 is 9.40 Å². The highest BCUT2D eigenvalue weighted by molar-refractivity contribution is 5.73. The molecule has 2 heterocycles. The second-order valence-electron chi connectivity index (χ2n) is 3.74. The Morgan fingerprint density at radius 1 is 0.833 bits per heavy atom. The van der Waals surface area contributed by atoms with Crippen molar-refractivity contribution in [3.05, 3.63) is 61.3 Å². The van der Waals surface area contributed by atoms with Crippen LogP contribution in [0.2, 0.25) is 0 Å². The van der Waals surface area contributed by atoms with Crippen LogP contribution in [0.15, 0.2) is 65.7 Å².